The molecule has 0 saturated carbocycles. The second-order valence-electron chi connectivity index (χ2n) is 4.13. The number of nitriles is 1. The minimum Gasteiger partial charge on any atom is -0.379 e. The Balaban J connectivity index is 2.31. The maximum Gasteiger partial charge on any atom is 0.150 e. The number of benzene rings is 1. The predicted octanol–water partition coefficient (Wildman–Crippen LogP) is 1.60. The van der Waals surface area contributed by atoms with Crippen LogP contribution < -0.4 is 4.90 Å². The van der Waals surface area contributed by atoms with E-state index in [1.165, 1.54) is 0 Å². The van der Waals surface area contributed by atoms with Gasteiger partial charge < -0.3 is 9.64 Å². The monoisotopic (exact) mass is 230 g/mol. The van der Waals surface area contributed by atoms with Gasteiger partial charge in [-0.25, -0.2) is 0 Å². The minimum absolute atomic E-state index is 0.309. The van der Waals surface area contributed by atoms with E-state index in [-0.39, 0.29) is 0 Å². The molecule has 4 nitrogen and oxygen atoms in total. The number of ether oxygens (including phenoxy) is 1. The van der Waals surface area contributed by atoms with Crippen molar-refractivity contribution in [3.05, 3.63) is 29.3 Å². The summed E-state index contributed by atoms with van der Waals surface area (Å²) >= 11 is 0. The molecule has 0 N–H and O–H groups in total. The summed E-state index contributed by atoms with van der Waals surface area (Å²) in [6.45, 7) is 1.46. The number of rotatable bonds is 3. The zero-order chi connectivity index (χ0) is 12.3. The molecule has 0 spiro atoms. The third-order valence-electron chi connectivity index (χ3n) is 3.11. The Morgan fingerprint density at radius 3 is 3.00 bits per heavy atom. The second-order valence-corrected chi connectivity index (χ2v) is 4.13. The molecule has 4 heteroatoms. The summed E-state index contributed by atoms with van der Waals surface area (Å²) in [6, 6.07) is 7.61. The number of likely N-dealkylation sites (N-methyl/N-ethyl adjacent to an activating group) is 1. The lowest BCUT2D eigenvalue weighted by Crippen LogP contribution is -2.32. The van der Waals surface area contributed by atoms with Gasteiger partial charge in [-0.15, -0.1) is 0 Å². The van der Waals surface area contributed by atoms with Crippen molar-refractivity contribution < 1.29 is 9.53 Å². The summed E-state index contributed by atoms with van der Waals surface area (Å²) < 4.78 is 5.34. The highest BCUT2D eigenvalue weighted by atomic mass is 16.5. The highest BCUT2D eigenvalue weighted by Crippen LogP contribution is 2.24. The van der Waals surface area contributed by atoms with Crippen LogP contribution in [0.25, 0.3) is 0 Å². The van der Waals surface area contributed by atoms with E-state index in [0.29, 0.717) is 23.8 Å². The van der Waals surface area contributed by atoms with Crippen molar-refractivity contribution in [1.29, 1.82) is 5.26 Å². The van der Waals surface area contributed by atoms with Crippen molar-refractivity contribution in [3.8, 4) is 6.07 Å². The van der Waals surface area contributed by atoms with Gasteiger partial charge in [0.25, 0.3) is 0 Å². The Labute approximate surface area is 100 Å². The first-order chi connectivity index (χ1) is 8.26. The molecule has 1 aliphatic heterocycles. The lowest BCUT2D eigenvalue weighted by atomic mass is 10.1. The highest BCUT2D eigenvalue weighted by Gasteiger charge is 2.22. The summed E-state index contributed by atoms with van der Waals surface area (Å²) in [5, 5.41) is 9.11. The summed E-state index contributed by atoms with van der Waals surface area (Å²) in [5.41, 5.74) is 1.92. The van der Waals surface area contributed by atoms with Gasteiger partial charge in [-0.05, 0) is 24.6 Å². The molecule has 1 aromatic carbocycles. The summed E-state index contributed by atoms with van der Waals surface area (Å²) in [4.78, 5) is 12.7. The summed E-state index contributed by atoms with van der Waals surface area (Å²) in [5.74, 6) is 0. The zero-order valence-corrected chi connectivity index (χ0v) is 9.72. The number of hydrogen-bond acceptors (Lipinski definition) is 4. The van der Waals surface area contributed by atoms with Crippen LogP contribution in [0.2, 0.25) is 0 Å². The van der Waals surface area contributed by atoms with Crippen molar-refractivity contribution >= 4 is 12.0 Å². The van der Waals surface area contributed by atoms with E-state index in [2.05, 4.69) is 11.0 Å². The van der Waals surface area contributed by atoms with E-state index in [4.69, 9.17) is 10.00 Å². The first kappa shape index (κ1) is 11.6. The molecule has 1 saturated heterocycles. The SMILES string of the molecule is CN(c1ccc(C=O)cc1C#N)C1CCOC1. The van der Waals surface area contributed by atoms with E-state index in [1.54, 1.807) is 12.1 Å². The van der Waals surface area contributed by atoms with Gasteiger partial charge in [0.05, 0.1) is 23.9 Å². The molecule has 1 unspecified atom stereocenters. The van der Waals surface area contributed by atoms with Gasteiger partial charge >= 0.3 is 0 Å². The number of aldehydes is 1. The van der Waals surface area contributed by atoms with Crippen LogP contribution in [-0.4, -0.2) is 32.6 Å². The van der Waals surface area contributed by atoms with Crippen LogP contribution in [0.1, 0.15) is 22.3 Å². The van der Waals surface area contributed by atoms with Crippen LogP contribution in [0.4, 0.5) is 5.69 Å². The molecule has 17 heavy (non-hydrogen) atoms. The van der Waals surface area contributed by atoms with Gasteiger partial charge in [0.2, 0.25) is 0 Å². The molecule has 0 aliphatic carbocycles. The first-order valence-electron chi connectivity index (χ1n) is 5.56. The molecule has 0 radical (unpaired) electrons. The van der Waals surface area contributed by atoms with Gasteiger partial charge in [-0.2, -0.15) is 5.26 Å². The Morgan fingerprint density at radius 2 is 2.41 bits per heavy atom. The van der Waals surface area contributed by atoms with Crippen molar-refractivity contribution in [3.63, 3.8) is 0 Å². The average Bonchev–Trinajstić information content (AvgIpc) is 2.91. The van der Waals surface area contributed by atoms with Crippen LogP contribution >= 0.6 is 0 Å². The largest absolute Gasteiger partial charge is 0.379 e. The number of carbonyl (C=O) groups excluding carboxylic acids is 1. The molecular formula is C13H14N2O2. The van der Waals surface area contributed by atoms with Gasteiger partial charge in [0.1, 0.15) is 12.4 Å². The molecule has 1 heterocycles. The van der Waals surface area contributed by atoms with E-state index < -0.39 is 0 Å². The molecule has 1 aliphatic rings. The van der Waals surface area contributed by atoms with Gasteiger partial charge in [0.15, 0.2) is 0 Å². The van der Waals surface area contributed by atoms with Crippen LogP contribution in [-0.2, 0) is 4.74 Å². The fourth-order valence-electron chi connectivity index (χ4n) is 2.05. The van der Waals surface area contributed by atoms with Gasteiger partial charge in [-0.1, -0.05) is 0 Å². The minimum atomic E-state index is 0.309. The van der Waals surface area contributed by atoms with E-state index in [1.807, 2.05) is 13.1 Å². The number of carbonyl (C=O) groups is 1. The normalized spacial score (nSPS) is 18.7. The molecule has 2 rings (SSSR count). The lowest BCUT2D eigenvalue weighted by molar-refractivity contribution is 0.112. The van der Waals surface area contributed by atoms with E-state index in [9.17, 15) is 4.79 Å². The van der Waals surface area contributed by atoms with Crippen LogP contribution in [0.5, 0.6) is 0 Å². The van der Waals surface area contributed by atoms with Crippen molar-refractivity contribution in [1.82, 2.24) is 0 Å². The lowest BCUT2D eigenvalue weighted by Gasteiger charge is -2.26. The first-order valence-corrected chi connectivity index (χ1v) is 5.56. The molecular weight excluding hydrogens is 216 g/mol. The molecule has 0 bridgehead atoms. The van der Waals surface area contributed by atoms with Gasteiger partial charge in [-0.3, -0.25) is 4.79 Å². The molecule has 1 fully saturated rings. The highest BCUT2D eigenvalue weighted by molar-refractivity contribution is 5.78. The van der Waals surface area contributed by atoms with Crippen molar-refractivity contribution in [2.24, 2.45) is 0 Å². The Hall–Kier alpha value is -1.86. The molecule has 88 valence electrons. The maximum atomic E-state index is 10.7. The van der Waals surface area contributed by atoms with Gasteiger partial charge in [0, 0.05) is 19.2 Å². The maximum absolute atomic E-state index is 10.7. The standard InChI is InChI=1S/C13H14N2O2/c1-15(12-4-5-17-9-12)13-3-2-10(8-16)6-11(13)7-14/h2-3,6,8,12H,4-5,9H2,1H3. The second kappa shape index (κ2) is 4.98. The fraction of sp³-hybridized carbons (Fsp3) is 0.385. The number of hydrogen-bond donors (Lipinski definition) is 0. The zero-order valence-electron chi connectivity index (χ0n) is 9.72. The number of anilines is 1. The Morgan fingerprint density at radius 1 is 1.59 bits per heavy atom. The third kappa shape index (κ3) is 2.29. The van der Waals surface area contributed by atoms with Crippen molar-refractivity contribution in [2.75, 3.05) is 25.2 Å². The summed E-state index contributed by atoms with van der Waals surface area (Å²) in [6.07, 6.45) is 1.72. The quantitative estimate of drug-likeness (QED) is 0.740. The molecule has 1 atom stereocenters. The van der Waals surface area contributed by atoms with E-state index >= 15 is 0 Å². The fourth-order valence-corrected chi connectivity index (χ4v) is 2.05. The third-order valence-corrected chi connectivity index (χ3v) is 3.11. The van der Waals surface area contributed by atoms with Crippen LogP contribution in [0.3, 0.4) is 0 Å². The summed E-state index contributed by atoms with van der Waals surface area (Å²) in [7, 11) is 1.95. The molecule has 0 aromatic heterocycles. The van der Waals surface area contributed by atoms with E-state index in [0.717, 1.165) is 25.0 Å². The Kier molecular flexibility index (Phi) is 3.40. The topological polar surface area (TPSA) is 53.3 Å². The average molecular weight is 230 g/mol. The van der Waals surface area contributed by atoms with Crippen LogP contribution in [0.15, 0.2) is 18.2 Å². The molecule has 1 aromatic rings. The predicted molar refractivity (Wildman–Crippen MR) is 64.2 cm³/mol. The number of nitrogens with zero attached hydrogens (tertiary/aromatic N) is 2. The van der Waals surface area contributed by atoms with Crippen LogP contribution in [0, 0.1) is 11.3 Å². The van der Waals surface area contributed by atoms with Crippen molar-refractivity contribution in [2.45, 2.75) is 12.5 Å². The molecule has 0 amide bonds. The Bertz CT molecular complexity index is 459. The smallest absolute Gasteiger partial charge is 0.150 e.